The Hall–Kier alpha value is -5.15. The van der Waals surface area contributed by atoms with Gasteiger partial charge in [0.05, 0.1) is 11.4 Å². The first-order valence-electron chi connectivity index (χ1n) is 14.3. The van der Waals surface area contributed by atoms with Crippen molar-refractivity contribution in [1.29, 1.82) is 0 Å². The number of alkyl halides is 6. The van der Waals surface area contributed by atoms with Crippen molar-refractivity contribution in [2.75, 3.05) is 11.7 Å². The number of nitrogens with one attached hydrogen (secondary N) is 1. The highest BCUT2D eigenvalue weighted by molar-refractivity contribution is 6.22. The lowest BCUT2D eigenvalue weighted by molar-refractivity contribution is -0.152. The van der Waals surface area contributed by atoms with Gasteiger partial charge >= 0.3 is 12.4 Å². The molecule has 2 aromatic carbocycles. The van der Waals surface area contributed by atoms with E-state index >= 15 is 0 Å². The first-order valence-corrected chi connectivity index (χ1v) is 14.3. The Morgan fingerprint density at radius 1 is 0.915 bits per heavy atom. The van der Waals surface area contributed by atoms with E-state index in [0.29, 0.717) is 16.9 Å². The van der Waals surface area contributed by atoms with Crippen molar-refractivity contribution in [3.63, 3.8) is 0 Å². The zero-order valence-electron chi connectivity index (χ0n) is 24.3. The molecule has 0 aliphatic carbocycles. The number of fused-ring (bicyclic) bond motifs is 2. The highest BCUT2D eigenvalue weighted by atomic mass is 19.4. The van der Waals surface area contributed by atoms with Gasteiger partial charge in [0.2, 0.25) is 24.8 Å². The van der Waals surface area contributed by atoms with Crippen molar-refractivity contribution in [3.05, 3.63) is 78.0 Å². The smallest absolute Gasteiger partial charge is 0.389 e. The van der Waals surface area contributed by atoms with Gasteiger partial charge in [-0.3, -0.25) is 19.3 Å². The van der Waals surface area contributed by atoms with E-state index in [1.165, 1.54) is 18.3 Å². The molecule has 0 radical (unpaired) electrons. The van der Waals surface area contributed by atoms with Crippen LogP contribution in [-0.2, 0) is 14.4 Å². The van der Waals surface area contributed by atoms with E-state index in [2.05, 4.69) is 15.3 Å². The molecule has 1 aromatic heterocycles. The third-order valence-electron chi connectivity index (χ3n) is 7.57. The van der Waals surface area contributed by atoms with Crippen molar-refractivity contribution in [2.45, 2.75) is 44.2 Å². The summed E-state index contributed by atoms with van der Waals surface area (Å²) in [6.45, 7) is -0.0963. The fourth-order valence-electron chi connectivity index (χ4n) is 5.38. The molecule has 0 saturated heterocycles. The molecule has 0 fully saturated rings. The Morgan fingerprint density at radius 3 is 2.13 bits per heavy atom. The zero-order valence-corrected chi connectivity index (χ0v) is 24.3. The predicted octanol–water partition coefficient (Wildman–Crippen LogP) is 5.17. The highest BCUT2D eigenvalue weighted by Gasteiger charge is 2.42. The van der Waals surface area contributed by atoms with E-state index < -0.39 is 73.8 Å². The fourth-order valence-corrected chi connectivity index (χ4v) is 5.38. The van der Waals surface area contributed by atoms with Gasteiger partial charge in [-0.2, -0.15) is 26.3 Å². The number of hydrogen-bond acceptors (Lipinski definition) is 7. The average molecular weight is 664 g/mol. The molecule has 47 heavy (non-hydrogen) atoms. The molecular formula is C31H27F6N5O5. The van der Waals surface area contributed by atoms with Crippen LogP contribution in [0.25, 0.3) is 0 Å². The van der Waals surface area contributed by atoms with Crippen LogP contribution in [0, 0.1) is 11.8 Å². The van der Waals surface area contributed by atoms with E-state index in [1.54, 1.807) is 48.5 Å². The number of ether oxygens (including phenoxy) is 2. The summed E-state index contributed by atoms with van der Waals surface area (Å²) in [6.07, 6.45) is -15.3. The molecular weight excluding hydrogens is 636 g/mol. The Bertz CT molecular complexity index is 1670. The third-order valence-corrected chi connectivity index (χ3v) is 7.57. The van der Waals surface area contributed by atoms with Crippen LogP contribution in [0.2, 0.25) is 0 Å². The van der Waals surface area contributed by atoms with Crippen LogP contribution in [0.4, 0.5) is 37.8 Å². The number of benzene rings is 2. The number of anilines is 2. The summed E-state index contributed by atoms with van der Waals surface area (Å²) in [6, 6.07) is 16.2. The molecule has 248 valence electrons. The minimum absolute atomic E-state index is 0.0789. The molecule has 16 heteroatoms. The molecule has 0 bridgehead atoms. The van der Waals surface area contributed by atoms with Gasteiger partial charge in [0, 0.05) is 48.1 Å². The Labute approximate surface area is 263 Å². The van der Waals surface area contributed by atoms with Crippen molar-refractivity contribution >= 4 is 34.9 Å². The number of aliphatic imine (C=N–C) groups is 1. The number of halogens is 6. The molecule has 3 atom stereocenters. The van der Waals surface area contributed by atoms with Crippen molar-refractivity contribution in [3.8, 4) is 11.5 Å². The molecule has 2 aliphatic rings. The molecule has 2 aliphatic heterocycles. The number of nitrogens with two attached hydrogens (primary N) is 1. The SMILES string of the molecule is NC(=O)[C@@H](CCC(F)(F)F)[C@@H](CCC(F)(F)F)C(=O)NC1N=C(c2ccccc2)c2cc3c(cc2N(c2ccccn2)C1=O)OCO3. The molecule has 3 N–H and O–H groups in total. The van der Waals surface area contributed by atoms with Gasteiger partial charge < -0.3 is 20.5 Å². The summed E-state index contributed by atoms with van der Waals surface area (Å²) in [5.41, 5.74) is 6.51. The van der Waals surface area contributed by atoms with Gasteiger partial charge in [-0.25, -0.2) is 9.98 Å². The van der Waals surface area contributed by atoms with Crippen LogP contribution < -0.4 is 25.4 Å². The Balaban J connectivity index is 1.61. The topological polar surface area (TPSA) is 136 Å². The van der Waals surface area contributed by atoms with Gasteiger partial charge in [0.1, 0.15) is 5.82 Å². The number of amides is 3. The lowest BCUT2D eigenvalue weighted by atomic mass is 9.83. The van der Waals surface area contributed by atoms with Crippen LogP contribution in [0.15, 0.2) is 71.9 Å². The van der Waals surface area contributed by atoms with E-state index in [1.807, 2.05) is 0 Å². The van der Waals surface area contributed by atoms with Crippen molar-refractivity contribution in [1.82, 2.24) is 10.3 Å². The predicted molar refractivity (Wildman–Crippen MR) is 155 cm³/mol. The molecule has 3 amide bonds. The second kappa shape index (κ2) is 13.3. The number of carbonyl (C=O) groups is 3. The minimum Gasteiger partial charge on any atom is -0.454 e. The second-order valence-electron chi connectivity index (χ2n) is 10.8. The van der Waals surface area contributed by atoms with Gasteiger partial charge in [-0.15, -0.1) is 0 Å². The highest BCUT2D eigenvalue weighted by Crippen LogP contribution is 2.43. The first-order chi connectivity index (χ1) is 22.2. The van der Waals surface area contributed by atoms with Crippen LogP contribution in [0.1, 0.15) is 36.8 Å². The number of nitrogens with zero attached hydrogens (tertiary/aromatic N) is 3. The fraction of sp³-hybridized carbons (Fsp3) is 0.323. The average Bonchev–Trinajstić information content (AvgIpc) is 3.43. The van der Waals surface area contributed by atoms with Crippen molar-refractivity contribution in [2.24, 2.45) is 22.6 Å². The van der Waals surface area contributed by atoms with Gasteiger partial charge in [0.15, 0.2) is 11.5 Å². The standard InChI is InChI=1S/C31H27F6N5O5/c32-30(33,34)11-9-18(26(38)43)19(10-12-31(35,36)37)28(44)41-27-29(45)42(24-8-4-5-13-39-24)21-15-23-22(46-16-47-23)14-20(21)25(40-27)17-6-2-1-3-7-17/h1-8,13-15,18-19,27H,9-12,16H2,(H2,38,43)(H,41,44)/t18-,19+,27?/m0/s1. The summed E-state index contributed by atoms with van der Waals surface area (Å²) in [4.78, 5) is 50.2. The van der Waals surface area contributed by atoms with E-state index in [4.69, 9.17) is 15.2 Å². The number of aromatic nitrogens is 1. The van der Waals surface area contributed by atoms with Crippen LogP contribution in [-0.4, -0.2) is 53.7 Å². The second-order valence-corrected chi connectivity index (χ2v) is 10.8. The largest absolute Gasteiger partial charge is 0.454 e. The lowest BCUT2D eigenvalue weighted by Crippen LogP contribution is -2.50. The van der Waals surface area contributed by atoms with Gasteiger partial charge in [-0.1, -0.05) is 36.4 Å². The molecule has 3 heterocycles. The Kier molecular flexibility index (Phi) is 9.40. The number of pyridine rings is 1. The maximum Gasteiger partial charge on any atom is 0.389 e. The van der Waals surface area contributed by atoms with E-state index in [-0.39, 0.29) is 29.8 Å². The summed E-state index contributed by atoms with van der Waals surface area (Å²) >= 11 is 0. The number of carbonyl (C=O) groups excluding carboxylic acids is 3. The minimum atomic E-state index is -4.82. The Morgan fingerprint density at radius 2 is 1.53 bits per heavy atom. The van der Waals surface area contributed by atoms with Gasteiger partial charge in [-0.05, 0) is 31.0 Å². The number of hydrogen-bond donors (Lipinski definition) is 2. The maximum atomic E-state index is 14.3. The van der Waals surface area contributed by atoms with Crippen LogP contribution in [0.5, 0.6) is 11.5 Å². The van der Waals surface area contributed by atoms with Gasteiger partial charge in [0.25, 0.3) is 5.91 Å². The quantitative estimate of drug-likeness (QED) is 0.288. The zero-order chi connectivity index (χ0) is 33.9. The summed E-state index contributed by atoms with van der Waals surface area (Å²) < 4.78 is 90.2. The number of primary amides is 1. The van der Waals surface area contributed by atoms with E-state index in [0.717, 1.165) is 4.90 Å². The van der Waals surface area contributed by atoms with Crippen molar-refractivity contribution < 1.29 is 50.2 Å². The maximum absolute atomic E-state index is 14.3. The summed E-state index contributed by atoms with van der Waals surface area (Å²) in [7, 11) is 0. The molecule has 5 rings (SSSR count). The van der Waals surface area contributed by atoms with Crippen LogP contribution >= 0.6 is 0 Å². The first kappa shape index (κ1) is 33.2. The lowest BCUT2D eigenvalue weighted by Gasteiger charge is -2.28. The normalized spacial score (nSPS) is 17.3. The molecule has 1 unspecified atom stereocenters. The molecule has 0 spiro atoms. The summed E-state index contributed by atoms with van der Waals surface area (Å²) in [5.74, 6) is -6.83. The molecule has 10 nitrogen and oxygen atoms in total. The molecule has 3 aromatic rings. The van der Waals surface area contributed by atoms with Crippen LogP contribution in [0.3, 0.4) is 0 Å². The number of rotatable bonds is 10. The molecule has 0 saturated carbocycles. The monoisotopic (exact) mass is 663 g/mol. The summed E-state index contributed by atoms with van der Waals surface area (Å²) in [5, 5.41) is 2.30. The third kappa shape index (κ3) is 7.81. The van der Waals surface area contributed by atoms with E-state index in [9.17, 15) is 40.7 Å².